The molecule has 1 heterocycles. The van der Waals surface area contributed by atoms with Gasteiger partial charge in [0.1, 0.15) is 0 Å². The highest BCUT2D eigenvalue weighted by atomic mass is 16.1. The van der Waals surface area contributed by atoms with E-state index in [0.717, 1.165) is 19.0 Å². The molecule has 1 unspecified atom stereocenters. The second-order valence-corrected chi connectivity index (χ2v) is 2.87. The minimum absolute atomic E-state index is 0.0480. The third-order valence-electron chi connectivity index (χ3n) is 1.56. The number of carbonyl (C=O) groups excluding carboxylic acids is 1. The van der Waals surface area contributed by atoms with Gasteiger partial charge in [-0.05, 0) is 6.92 Å². The van der Waals surface area contributed by atoms with E-state index in [1.807, 2.05) is 6.92 Å². The van der Waals surface area contributed by atoms with Gasteiger partial charge in [-0.25, -0.2) is 0 Å². The van der Waals surface area contributed by atoms with Crippen LogP contribution in [0.25, 0.3) is 0 Å². The molecule has 5 nitrogen and oxygen atoms in total. The summed E-state index contributed by atoms with van der Waals surface area (Å²) in [6.45, 7) is 3.56. The summed E-state index contributed by atoms with van der Waals surface area (Å²) in [7, 11) is 0. The summed E-state index contributed by atoms with van der Waals surface area (Å²) >= 11 is 0. The van der Waals surface area contributed by atoms with E-state index in [9.17, 15) is 4.79 Å². The Morgan fingerprint density at radius 1 is 1.92 bits per heavy atom. The largest absolute Gasteiger partial charge is 0.370 e. The molecule has 0 fully saturated rings. The molecule has 1 rings (SSSR count). The fraction of sp³-hybridized carbons (Fsp3) is 0.714. The van der Waals surface area contributed by atoms with Crippen molar-refractivity contribution in [1.82, 2.24) is 10.6 Å². The van der Waals surface area contributed by atoms with Crippen LogP contribution in [0.3, 0.4) is 0 Å². The number of rotatable bonds is 3. The van der Waals surface area contributed by atoms with Gasteiger partial charge in [-0.15, -0.1) is 0 Å². The van der Waals surface area contributed by atoms with Gasteiger partial charge in [0.2, 0.25) is 5.91 Å². The van der Waals surface area contributed by atoms with E-state index in [2.05, 4.69) is 15.6 Å². The standard InChI is InChI=1S/C7H14N4O/c1-5(4-6(8)12)11-7-9-2-3-10-7/h5H,2-4H2,1H3,(H2,8,12)(H2,9,10,11). The molecule has 1 amide bonds. The van der Waals surface area contributed by atoms with Crippen LogP contribution in [0.15, 0.2) is 4.99 Å². The molecule has 0 aromatic carbocycles. The Labute approximate surface area is 71.4 Å². The number of aliphatic imine (C=N–C) groups is 1. The van der Waals surface area contributed by atoms with Gasteiger partial charge in [0.25, 0.3) is 0 Å². The molecule has 0 aliphatic carbocycles. The van der Waals surface area contributed by atoms with Crippen molar-refractivity contribution in [2.24, 2.45) is 10.7 Å². The van der Waals surface area contributed by atoms with Gasteiger partial charge in [0.15, 0.2) is 5.96 Å². The summed E-state index contributed by atoms with van der Waals surface area (Å²) in [6, 6.07) is 0.0480. The fourth-order valence-electron chi connectivity index (χ4n) is 1.08. The van der Waals surface area contributed by atoms with Crippen LogP contribution >= 0.6 is 0 Å². The predicted molar refractivity (Wildman–Crippen MR) is 46.7 cm³/mol. The number of nitrogens with zero attached hydrogens (tertiary/aromatic N) is 1. The molecule has 0 saturated carbocycles. The van der Waals surface area contributed by atoms with Gasteiger partial charge in [0, 0.05) is 19.0 Å². The summed E-state index contributed by atoms with van der Waals surface area (Å²) in [5.74, 6) is 0.470. The monoisotopic (exact) mass is 170 g/mol. The quantitative estimate of drug-likeness (QED) is 0.497. The van der Waals surface area contributed by atoms with Crippen molar-refractivity contribution in [3.8, 4) is 0 Å². The molecule has 0 spiro atoms. The van der Waals surface area contributed by atoms with Crippen molar-refractivity contribution in [2.45, 2.75) is 19.4 Å². The van der Waals surface area contributed by atoms with Crippen LogP contribution in [0.4, 0.5) is 0 Å². The van der Waals surface area contributed by atoms with Crippen molar-refractivity contribution in [2.75, 3.05) is 13.1 Å². The van der Waals surface area contributed by atoms with Gasteiger partial charge >= 0.3 is 0 Å². The van der Waals surface area contributed by atoms with E-state index in [4.69, 9.17) is 5.73 Å². The first kappa shape index (κ1) is 8.83. The average molecular weight is 170 g/mol. The number of hydrogen-bond donors (Lipinski definition) is 3. The lowest BCUT2D eigenvalue weighted by atomic mass is 10.2. The van der Waals surface area contributed by atoms with E-state index >= 15 is 0 Å². The Balaban J connectivity index is 2.25. The molecule has 0 aromatic rings. The van der Waals surface area contributed by atoms with Crippen LogP contribution in [0.1, 0.15) is 13.3 Å². The molecule has 1 atom stereocenters. The minimum Gasteiger partial charge on any atom is -0.370 e. The minimum atomic E-state index is -0.298. The normalized spacial score (nSPS) is 17.9. The van der Waals surface area contributed by atoms with Gasteiger partial charge in [-0.3, -0.25) is 9.79 Å². The van der Waals surface area contributed by atoms with E-state index in [1.54, 1.807) is 0 Å². The van der Waals surface area contributed by atoms with Crippen LogP contribution < -0.4 is 16.4 Å². The highest BCUT2D eigenvalue weighted by Gasteiger charge is 2.10. The SMILES string of the molecule is CC(CC(N)=O)NC1=NCCN1. The Kier molecular flexibility index (Phi) is 2.90. The number of carbonyl (C=O) groups is 1. The van der Waals surface area contributed by atoms with Gasteiger partial charge in [-0.2, -0.15) is 0 Å². The van der Waals surface area contributed by atoms with Crippen LogP contribution in [0.5, 0.6) is 0 Å². The maximum Gasteiger partial charge on any atom is 0.219 e. The van der Waals surface area contributed by atoms with E-state index in [-0.39, 0.29) is 11.9 Å². The van der Waals surface area contributed by atoms with Gasteiger partial charge in [0.05, 0.1) is 6.54 Å². The first-order valence-electron chi connectivity index (χ1n) is 4.01. The molecule has 1 aliphatic rings. The van der Waals surface area contributed by atoms with Crippen molar-refractivity contribution in [1.29, 1.82) is 0 Å². The lowest BCUT2D eigenvalue weighted by Crippen LogP contribution is -2.41. The average Bonchev–Trinajstić information content (AvgIpc) is 2.37. The number of guanidine groups is 1. The molecule has 5 heteroatoms. The van der Waals surface area contributed by atoms with E-state index < -0.39 is 0 Å². The first-order valence-corrected chi connectivity index (χ1v) is 4.01. The van der Waals surface area contributed by atoms with Gasteiger partial charge < -0.3 is 16.4 Å². The molecule has 0 aromatic heterocycles. The molecule has 12 heavy (non-hydrogen) atoms. The van der Waals surface area contributed by atoms with Crippen LogP contribution in [0.2, 0.25) is 0 Å². The predicted octanol–water partition coefficient (Wildman–Crippen LogP) is -1.20. The maximum atomic E-state index is 10.5. The third kappa shape index (κ3) is 2.77. The molecule has 68 valence electrons. The maximum absolute atomic E-state index is 10.5. The second kappa shape index (κ2) is 3.94. The first-order chi connectivity index (χ1) is 5.68. The Hall–Kier alpha value is -1.26. The Morgan fingerprint density at radius 2 is 2.67 bits per heavy atom. The van der Waals surface area contributed by atoms with Crippen molar-refractivity contribution < 1.29 is 4.79 Å². The third-order valence-corrected chi connectivity index (χ3v) is 1.56. The molecule has 1 aliphatic heterocycles. The van der Waals surface area contributed by atoms with E-state index in [0.29, 0.717) is 6.42 Å². The molecular weight excluding hydrogens is 156 g/mol. The fourth-order valence-corrected chi connectivity index (χ4v) is 1.08. The molecule has 0 bridgehead atoms. The van der Waals surface area contributed by atoms with Crippen LogP contribution in [-0.2, 0) is 4.79 Å². The topological polar surface area (TPSA) is 79.5 Å². The van der Waals surface area contributed by atoms with Crippen molar-refractivity contribution in [3.63, 3.8) is 0 Å². The lowest BCUT2D eigenvalue weighted by Gasteiger charge is -2.12. The highest BCUT2D eigenvalue weighted by molar-refractivity contribution is 5.82. The molecule has 4 N–H and O–H groups in total. The number of hydrogen-bond acceptors (Lipinski definition) is 4. The van der Waals surface area contributed by atoms with Gasteiger partial charge in [-0.1, -0.05) is 0 Å². The number of amides is 1. The van der Waals surface area contributed by atoms with Crippen molar-refractivity contribution >= 4 is 11.9 Å². The molecule has 0 saturated heterocycles. The van der Waals surface area contributed by atoms with Crippen LogP contribution in [0, 0.1) is 0 Å². The summed E-state index contributed by atoms with van der Waals surface area (Å²) in [4.78, 5) is 14.6. The summed E-state index contributed by atoms with van der Waals surface area (Å²) in [5, 5.41) is 6.10. The summed E-state index contributed by atoms with van der Waals surface area (Å²) in [5.41, 5.74) is 5.03. The zero-order valence-corrected chi connectivity index (χ0v) is 7.13. The number of primary amides is 1. The van der Waals surface area contributed by atoms with E-state index in [1.165, 1.54) is 0 Å². The molecule has 0 radical (unpaired) electrons. The second-order valence-electron chi connectivity index (χ2n) is 2.87. The highest BCUT2D eigenvalue weighted by Crippen LogP contribution is 1.90. The number of nitrogens with two attached hydrogens (primary N) is 1. The smallest absolute Gasteiger partial charge is 0.219 e. The lowest BCUT2D eigenvalue weighted by molar-refractivity contribution is -0.118. The zero-order valence-electron chi connectivity index (χ0n) is 7.13. The summed E-state index contributed by atoms with van der Waals surface area (Å²) < 4.78 is 0. The number of nitrogens with one attached hydrogen (secondary N) is 2. The zero-order chi connectivity index (χ0) is 8.97. The Bertz CT molecular complexity index is 202. The Morgan fingerprint density at radius 3 is 3.17 bits per heavy atom. The molecular formula is C7H14N4O. The summed E-state index contributed by atoms with van der Waals surface area (Å²) in [6.07, 6.45) is 0.334. The van der Waals surface area contributed by atoms with Crippen LogP contribution in [-0.4, -0.2) is 31.0 Å². The van der Waals surface area contributed by atoms with Crippen molar-refractivity contribution in [3.05, 3.63) is 0 Å².